The third-order valence-corrected chi connectivity index (χ3v) is 8.66. The maximum Gasteiger partial charge on any atom is 0.338 e. The summed E-state index contributed by atoms with van der Waals surface area (Å²) < 4.78 is 9.25. The normalized spacial score (nSPS) is 15.2. The molecule has 0 amide bonds. The first-order valence-corrected chi connectivity index (χ1v) is 14.7. The molecule has 4 heterocycles. The smallest absolute Gasteiger partial charge is 0.338 e. The summed E-state index contributed by atoms with van der Waals surface area (Å²) in [4.78, 5) is 33.1. The van der Waals surface area contributed by atoms with Crippen molar-refractivity contribution in [1.29, 1.82) is 0 Å². The Kier molecular flexibility index (Phi) is 7.10. The average molecular weight is 587 g/mol. The van der Waals surface area contributed by atoms with Crippen molar-refractivity contribution < 1.29 is 9.53 Å². The molecule has 0 radical (unpaired) electrons. The van der Waals surface area contributed by atoms with Crippen LogP contribution in [0.2, 0.25) is 5.02 Å². The van der Waals surface area contributed by atoms with Gasteiger partial charge in [-0.25, -0.2) is 14.5 Å². The zero-order chi connectivity index (χ0) is 27.8. The number of hydrogen-bond donors (Lipinski definition) is 0. The number of ether oxygens (including phenoxy) is 1. The fraction of sp³-hybridized carbons (Fsp3) is 0.133. The molecular formula is C30H23ClN4O3S2. The van der Waals surface area contributed by atoms with Crippen LogP contribution in [0, 0.1) is 0 Å². The summed E-state index contributed by atoms with van der Waals surface area (Å²) in [5, 5.41) is 7.42. The van der Waals surface area contributed by atoms with E-state index in [2.05, 4.69) is 4.99 Å². The van der Waals surface area contributed by atoms with Crippen LogP contribution >= 0.6 is 34.3 Å². The number of halogens is 1. The third kappa shape index (κ3) is 4.77. The van der Waals surface area contributed by atoms with Crippen molar-refractivity contribution >= 4 is 46.3 Å². The standard InChI is InChI=1S/C30H23ClN4O3S2/c1-3-38-29(37)25-18(2)32-30-35(27(25)23-10-7-15-39-23)28(36)24(40-30)16-20-17-34(22-8-5-4-6-9-22)33-26(20)19-11-13-21(31)14-12-19/h4-17,27H,3H2,1-2H3. The number of allylic oxidation sites excluding steroid dienone is 1. The van der Waals surface area contributed by atoms with Gasteiger partial charge in [-0.1, -0.05) is 59.3 Å². The molecule has 3 aromatic heterocycles. The molecule has 10 heteroatoms. The first-order valence-electron chi connectivity index (χ1n) is 12.6. The fourth-order valence-corrected chi connectivity index (χ4v) is 6.67. The molecule has 0 fully saturated rings. The van der Waals surface area contributed by atoms with E-state index in [1.54, 1.807) is 23.1 Å². The molecule has 200 valence electrons. The van der Waals surface area contributed by atoms with Crippen molar-refractivity contribution in [1.82, 2.24) is 14.3 Å². The second-order valence-corrected chi connectivity index (χ2v) is 11.5. The van der Waals surface area contributed by atoms with Gasteiger partial charge in [-0.3, -0.25) is 9.36 Å². The lowest BCUT2D eigenvalue weighted by molar-refractivity contribution is -0.139. The Morgan fingerprint density at radius 1 is 1.10 bits per heavy atom. The van der Waals surface area contributed by atoms with E-state index in [9.17, 15) is 9.59 Å². The molecule has 2 aromatic carbocycles. The van der Waals surface area contributed by atoms with Crippen molar-refractivity contribution in [2.45, 2.75) is 19.9 Å². The van der Waals surface area contributed by atoms with Crippen molar-refractivity contribution in [2.75, 3.05) is 6.61 Å². The Morgan fingerprint density at radius 3 is 2.58 bits per heavy atom. The molecule has 0 bridgehead atoms. The minimum absolute atomic E-state index is 0.231. The number of nitrogens with zero attached hydrogens (tertiary/aromatic N) is 4. The van der Waals surface area contributed by atoms with Crippen LogP contribution in [0.4, 0.5) is 0 Å². The molecule has 1 aliphatic rings. The molecule has 0 saturated carbocycles. The van der Waals surface area contributed by atoms with E-state index in [4.69, 9.17) is 21.4 Å². The molecule has 0 saturated heterocycles. The lowest BCUT2D eigenvalue weighted by Gasteiger charge is -2.23. The average Bonchev–Trinajstić information content (AvgIpc) is 3.70. The molecule has 6 rings (SSSR count). The van der Waals surface area contributed by atoms with Gasteiger partial charge in [0.2, 0.25) is 0 Å². The quantitative estimate of drug-likeness (QED) is 0.251. The van der Waals surface area contributed by atoms with Crippen LogP contribution in [0.25, 0.3) is 23.0 Å². The Labute approximate surface area is 242 Å². The van der Waals surface area contributed by atoms with Crippen LogP contribution in [-0.4, -0.2) is 26.9 Å². The molecule has 0 N–H and O–H groups in total. The number of thiophene rings is 1. The summed E-state index contributed by atoms with van der Waals surface area (Å²) >= 11 is 8.92. The van der Waals surface area contributed by atoms with Crippen molar-refractivity contribution in [2.24, 2.45) is 4.99 Å². The lowest BCUT2D eigenvalue weighted by Crippen LogP contribution is -2.39. The lowest BCUT2D eigenvalue weighted by atomic mass is 10.0. The first kappa shape index (κ1) is 26.2. The topological polar surface area (TPSA) is 78.5 Å². The molecule has 7 nitrogen and oxygen atoms in total. The van der Waals surface area contributed by atoms with Crippen LogP contribution in [0.5, 0.6) is 0 Å². The minimum Gasteiger partial charge on any atom is -0.463 e. The number of benzene rings is 2. The molecule has 40 heavy (non-hydrogen) atoms. The van der Waals surface area contributed by atoms with Gasteiger partial charge < -0.3 is 4.74 Å². The van der Waals surface area contributed by atoms with E-state index in [1.165, 1.54) is 22.7 Å². The molecule has 1 atom stereocenters. The summed E-state index contributed by atoms with van der Waals surface area (Å²) in [5.74, 6) is -0.467. The van der Waals surface area contributed by atoms with Gasteiger partial charge in [0.1, 0.15) is 11.7 Å². The Balaban J connectivity index is 1.55. The highest BCUT2D eigenvalue weighted by Crippen LogP contribution is 2.33. The third-order valence-electron chi connectivity index (χ3n) is 6.50. The Hall–Kier alpha value is -4.05. The highest BCUT2D eigenvalue weighted by molar-refractivity contribution is 7.10. The van der Waals surface area contributed by atoms with E-state index in [-0.39, 0.29) is 12.2 Å². The molecule has 5 aromatic rings. The summed E-state index contributed by atoms with van der Waals surface area (Å²) in [6.07, 6.45) is 3.75. The van der Waals surface area contributed by atoms with Crippen LogP contribution in [0.15, 0.2) is 99.4 Å². The number of carbonyl (C=O) groups is 1. The predicted octanol–water partition coefficient (Wildman–Crippen LogP) is 5.37. The van der Waals surface area contributed by atoms with E-state index < -0.39 is 12.0 Å². The molecule has 0 aliphatic carbocycles. The van der Waals surface area contributed by atoms with Crippen LogP contribution < -0.4 is 14.9 Å². The number of fused-ring (bicyclic) bond motifs is 1. The van der Waals surface area contributed by atoms with E-state index >= 15 is 0 Å². The minimum atomic E-state index is -0.611. The van der Waals surface area contributed by atoms with Crippen LogP contribution in [0.1, 0.15) is 30.3 Å². The van der Waals surface area contributed by atoms with Gasteiger partial charge >= 0.3 is 5.97 Å². The van der Waals surface area contributed by atoms with Crippen LogP contribution in [0.3, 0.4) is 0 Å². The van der Waals surface area contributed by atoms with Gasteiger partial charge in [-0.2, -0.15) is 5.10 Å². The van der Waals surface area contributed by atoms with Gasteiger partial charge in [-0.15, -0.1) is 11.3 Å². The second kappa shape index (κ2) is 10.8. The monoisotopic (exact) mass is 586 g/mol. The van der Waals surface area contributed by atoms with Gasteiger partial charge in [-0.05, 0) is 55.6 Å². The number of thiazole rings is 1. The predicted molar refractivity (Wildman–Crippen MR) is 159 cm³/mol. The molecular weight excluding hydrogens is 564 g/mol. The fourth-order valence-electron chi connectivity index (χ4n) is 4.69. The highest BCUT2D eigenvalue weighted by atomic mass is 35.5. The van der Waals surface area contributed by atoms with Gasteiger partial charge in [0.15, 0.2) is 4.80 Å². The van der Waals surface area contributed by atoms with Crippen molar-refractivity contribution in [3.8, 4) is 16.9 Å². The number of rotatable bonds is 6. The van der Waals surface area contributed by atoms with E-state index in [1.807, 2.05) is 84.4 Å². The summed E-state index contributed by atoms with van der Waals surface area (Å²) in [5.41, 5.74) is 3.94. The highest BCUT2D eigenvalue weighted by Gasteiger charge is 2.34. The molecule has 1 aliphatic heterocycles. The summed E-state index contributed by atoms with van der Waals surface area (Å²) in [6.45, 7) is 3.78. The van der Waals surface area contributed by atoms with Crippen molar-refractivity contribution in [3.63, 3.8) is 0 Å². The maximum absolute atomic E-state index is 14.0. The van der Waals surface area contributed by atoms with Gasteiger partial charge in [0.25, 0.3) is 5.56 Å². The zero-order valence-electron chi connectivity index (χ0n) is 21.6. The van der Waals surface area contributed by atoms with Gasteiger partial charge in [0.05, 0.1) is 28.1 Å². The van der Waals surface area contributed by atoms with E-state index in [0.717, 1.165) is 21.7 Å². The SMILES string of the molecule is CCOC(=O)C1=C(C)N=c2sc(=Cc3cn(-c4ccccc4)nc3-c3ccc(Cl)cc3)c(=O)n2C1c1cccs1. The van der Waals surface area contributed by atoms with Crippen LogP contribution in [-0.2, 0) is 9.53 Å². The molecule has 0 spiro atoms. The zero-order valence-corrected chi connectivity index (χ0v) is 24.0. The number of esters is 1. The summed E-state index contributed by atoms with van der Waals surface area (Å²) in [6, 6.07) is 20.5. The van der Waals surface area contributed by atoms with Crippen molar-refractivity contribution in [3.05, 3.63) is 125 Å². The largest absolute Gasteiger partial charge is 0.463 e. The van der Waals surface area contributed by atoms with E-state index in [0.29, 0.717) is 31.3 Å². The summed E-state index contributed by atoms with van der Waals surface area (Å²) in [7, 11) is 0. The first-order chi connectivity index (χ1) is 19.4. The second-order valence-electron chi connectivity index (χ2n) is 9.04. The Bertz CT molecular complexity index is 1920. The number of para-hydroxylation sites is 1. The van der Waals surface area contributed by atoms with Gasteiger partial charge in [0, 0.05) is 27.2 Å². The maximum atomic E-state index is 14.0. The molecule has 1 unspecified atom stereocenters. The Morgan fingerprint density at radius 2 is 1.88 bits per heavy atom. The number of aromatic nitrogens is 3. The number of hydrogen-bond acceptors (Lipinski definition) is 7. The number of carbonyl (C=O) groups excluding carboxylic acids is 1.